The molecule has 1 fully saturated rings. The number of aliphatic hydroxyl groups excluding tert-OH is 3. The lowest BCUT2D eigenvalue weighted by atomic mass is 10.1. The van der Waals surface area contributed by atoms with Crippen LogP contribution < -0.4 is 0 Å². The number of aromatic nitrogens is 3. The molecule has 4 atom stereocenters. The van der Waals surface area contributed by atoms with Gasteiger partial charge in [0.15, 0.2) is 6.23 Å². The lowest BCUT2D eigenvalue weighted by Crippen LogP contribution is -2.33. The molecule has 18 heavy (non-hydrogen) atoms. The van der Waals surface area contributed by atoms with Crippen molar-refractivity contribution in [3.05, 3.63) is 12.2 Å². The first kappa shape index (κ1) is 13.3. The average molecular weight is 265 g/mol. The summed E-state index contributed by atoms with van der Waals surface area (Å²) in [5.41, 5.74) is 0. The quantitative estimate of drug-likeness (QED) is 0.648. The van der Waals surface area contributed by atoms with Gasteiger partial charge in [-0.1, -0.05) is 0 Å². The lowest BCUT2D eigenvalue weighted by molar-refractivity contribution is -0.0603. The first-order valence-electron chi connectivity index (χ1n) is 5.26. The second-order valence-electron chi connectivity index (χ2n) is 4.17. The monoisotopic (exact) mass is 265 g/mol. The Bertz CT molecular complexity index is 422. The molecule has 3 N–H and O–H groups in total. The van der Waals surface area contributed by atoms with Gasteiger partial charge in [-0.25, -0.2) is 9.67 Å². The van der Waals surface area contributed by atoms with Crippen LogP contribution in [0.4, 0.5) is 8.78 Å². The molecular formula is C9H13F2N3O4. The van der Waals surface area contributed by atoms with Crippen molar-refractivity contribution >= 4 is 0 Å². The van der Waals surface area contributed by atoms with Crippen molar-refractivity contribution < 1.29 is 28.8 Å². The van der Waals surface area contributed by atoms with E-state index >= 15 is 0 Å². The number of aliphatic hydroxyl groups is 3. The summed E-state index contributed by atoms with van der Waals surface area (Å²) in [7, 11) is 0. The predicted octanol–water partition coefficient (Wildman–Crippen LogP) is -0.999. The van der Waals surface area contributed by atoms with Gasteiger partial charge < -0.3 is 20.1 Å². The van der Waals surface area contributed by atoms with Crippen LogP contribution in [0.25, 0.3) is 0 Å². The fraction of sp³-hybridized carbons (Fsp3) is 0.778. The Morgan fingerprint density at radius 3 is 2.56 bits per heavy atom. The van der Waals surface area contributed by atoms with Gasteiger partial charge >= 0.3 is 5.92 Å². The number of hydrogen-bond donors (Lipinski definition) is 3. The maximum atomic E-state index is 12.9. The molecule has 0 saturated carbocycles. The molecule has 9 heteroatoms. The zero-order valence-electron chi connectivity index (χ0n) is 9.44. The maximum Gasteiger partial charge on any atom is 0.305 e. The molecule has 1 unspecified atom stereocenters. The van der Waals surface area contributed by atoms with E-state index in [9.17, 15) is 19.0 Å². The molecule has 2 rings (SSSR count). The highest BCUT2D eigenvalue weighted by molar-refractivity contribution is 4.94. The van der Waals surface area contributed by atoms with E-state index in [-0.39, 0.29) is 0 Å². The van der Waals surface area contributed by atoms with Crippen molar-refractivity contribution in [1.82, 2.24) is 14.8 Å². The van der Waals surface area contributed by atoms with E-state index in [1.165, 1.54) is 0 Å². The molecule has 0 aromatic carbocycles. The van der Waals surface area contributed by atoms with Crippen molar-refractivity contribution in [3.63, 3.8) is 0 Å². The Morgan fingerprint density at radius 2 is 2.11 bits per heavy atom. The Hall–Kier alpha value is -1.16. The molecule has 0 radical (unpaired) electrons. The van der Waals surface area contributed by atoms with Crippen LogP contribution in [0.2, 0.25) is 0 Å². The highest BCUT2D eigenvalue weighted by Crippen LogP contribution is 2.30. The van der Waals surface area contributed by atoms with Crippen LogP contribution in [0.15, 0.2) is 6.33 Å². The van der Waals surface area contributed by atoms with Gasteiger partial charge in [-0.3, -0.25) is 0 Å². The van der Waals surface area contributed by atoms with Crippen molar-refractivity contribution in [2.45, 2.75) is 37.4 Å². The molecule has 102 valence electrons. The van der Waals surface area contributed by atoms with Gasteiger partial charge in [-0.2, -0.15) is 8.78 Å². The van der Waals surface area contributed by atoms with Crippen molar-refractivity contribution in [2.75, 3.05) is 6.61 Å². The second-order valence-corrected chi connectivity index (χ2v) is 4.17. The molecule has 1 aromatic heterocycles. The van der Waals surface area contributed by atoms with Crippen LogP contribution in [0.5, 0.6) is 0 Å². The summed E-state index contributed by atoms with van der Waals surface area (Å²) >= 11 is 0. The zero-order chi connectivity index (χ0) is 13.5. The van der Waals surface area contributed by atoms with Gasteiger partial charge in [0.25, 0.3) is 0 Å². The predicted molar refractivity (Wildman–Crippen MR) is 52.6 cm³/mol. The first-order chi connectivity index (χ1) is 8.34. The largest absolute Gasteiger partial charge is 0.394 e. The summed E-state index contributed by atoms with van der Waals surface area (Å²) in [4.78, 5) is 3.41. The van der Waals surface area contributed by atoms with Crippen LogP contribution in [-0.2, 0) is 10.7 Å². The highest BCUT2D eigenvalue weighted by atomic mass is 19.3. The minimum Gasteiger partial charge on any atom is -0.394 e. The fourth-order valence-corrected chi connectivity index (χ4v) is 1.70. The second kappa shape index (κ2) is 4.50. The molecule has 1 saturated heterocycles. The summed E-state index contributed by atoms with van der Waals surface area (Å²) in [5.74, 6) is -3.91. The van der Waals surface area contributed by atoms with Gasteiger partial charge in [0.05, 0.1) is 6.61 Å². The van der Waals surface area contributed by atoms with Gasteiger partial charge in [0.1, 0.15) is 24.6 Å². The third-order valence-electron chi connectivity index (χ3n) is 2.68. The molecular weight excluding hydrogens is 252 g/mol. The van der Waals surface area contributed by atoms with E-state index in [1.54, 1.807) is 0 Å². The average Bonchev–Trinajstić information content (AvgIpc) is 2.86. The highest BCUT2D eigenvalue weighted by Gasteiger charge is 2.44. The normalized spacial score (nSPS) is 33.0. The van der Waals surface area contributed by atoms with E-state index in [4.69, 9.17) is 9.84 Å². The van der Waals surface area contributed by atoms with Gasteiger partial charge in [-0.15, -0.1) is 5.10 Å². The van der Waals surface area contributed by atoms with E-state index in [0.29, 0.717) is 6.92 Å². The molecule has 1 aliphatic rings. The molecule has 1 aliphatic heterocycles. The van der Waals surface area contributed by atoms with Crippen LogP contribution in [0.1, 0.15) is 19.0 Å². The Kier molecular flexibility index (Phi) is 3.32. The van der Waals surface area contributed by atoms with Crippen LogP contribution in [0.3, 0.4) is 0 Å². The van der Waals surface area contributed by atoms with E-state index in [2.05, 4.69) is 10.1 Å². The summed E-state index contributed by atoms with van der Waals surface area (Å²) in [6.07, 6.45) is -3.84. The number of ether oxygens (including phenoxy) is 1. The van der Waals surface area contributed by atoms with E-state index in [1.807, 2.05) is 0 Å². The minimum absolute atomic E-state index is 0.500. The molecule has 7 nitrogen and oxygen atoms in total. The van der Waals surface area contributed by atoms with Crippen molar-refractivity contribution in [2.24, 2.45) is 0 Å². The number of hydrogen-bond acceptors (Lipinski definition) is 6. The number of rotatable bonds is 3. The molecule has 0 aliphatic carbocycles. The minimum atomic E-state index is -3.20. The summed E-state index contributed by atoms with van der Waals surface area (Å²) < 4.78 is 31.9. The van der Waals surface area contributed by atoms with Crippen LogP contribution in [-0.4, -0.2) is 55.0 Å². The van der Waals surface area contributed by atoms with Gasteiger partial charge in [0, 0.05) is 6.92 Å². The fourth-order valence-electron chi connectivity index (χ4n) is 1.70. The standard InChI is InChI=1S/C9H13F2N3O4/c1-9(10,11)8-12-3-14(13-8)7-6(17)5(16)4(2-15)18-7/h3-7,15-17H,2H2,1H3/t4-,5+,6?,7-/m1/s1. The summed E-state index contributed by atoms with van der Waals surface area (Å²) in [6.45, 7) is 0.143. The van der Waals surface area contributed by atoms with Crippen LogP contribution in [0, 0.1) is 0 Å². The lowest BCUT2D eigenvalue weighted by Gasteiger charge is -2.14. The number of halogens is 2. The van der Waals surface area contributed by atoms with Crippen molar-refractivity contribution in [1.29, 1.82) is 0 Å². The van der Waals surface area contributed by atoms with Gasteiger partial charge in [-0.05, 0) is 0 Å². The Balaban J connectivity index is 2.20. The molecule has 0 amide bonds. The molecule has 2 heterocycles. The third-order valence-corrected chi connectivity index (χ3v) is 2.68. The summed E-state index contributed by atoms with van der Waals surface area (Å²) in [5, 5.41) is 31.6. The molecule has 1 aromatic rings. The maximum absolute atomic E-state index is 12.9. The van der Waals surface area contributed by atoms with E-state index in [0.717, 1.165) is 11.0 Å². The topological polar surface area (TPSA) is 101 Å². The van der Waals surface area contributed by atoms with Crippen LogP contribution >= 0.6 is 0 Å². The molecule has 0 bridgehead atoms. The summed E-state index contributed by atoms with van der Waals surface area (Å²) in [6, 6.07) is 0. The number of alkyl halides is 2. The third kappa shape index (κ3) is 2.21. The Morgan fingerprint density at radius 1 is 1.44 bits per heavy atom. The van der Waals surface area contributed by atoms with Gasteiger partial charge in [0.2, 0.25) is 5.82 Å². The SMILES string of the molecule is CC(F)(F)c1ncn([C@@H]2O[C@H](CO)[C@H](O)C2O)n1. The zero-order valence-corrected chi connectivity index (χ0v) is 9.44. The Labute approximate surface area is 101 Å². The van der Waals surface area contributed by atoms with E-state index < -0.39 is 42.9 Å². The first-order valence-corrected chi connectivity index (χ1v) is 5.26. The van der Waals surface area contributed by atoms with Crippen molar-refractivity contribution in [3.8, 4) is 0 Å². The smallest absolute Gasteiger partial charge is 0.305 e. The molecule has 0 spiro atoms. The number of nitrogens with zero attached hydrogens (tertiary/aromatic N) is 3.